The Bertz CT molecular complexity index is 1030. The van der Waals surface area contributed by atoms with Crippen molar-refractivity contribution in [3.05, 3.63) is 55.1 Å². The van der Waals surface area contributed by atoms with Gasteiger partial charge in [0, 0.05) is 15.2 Å². The average molecular weight is 429 g/mol. The smallest absolute Gasteiger partial charge is 0.325 e. The van der Waals surface area contributed by atoms with E-state index < -0.39 is 5.97 Å². The van der Waals surface area contributed by atoms with Gasteiger partial charge in [0.15, 0.2) is 5.43 Å². The topological polar surface area (TPSA) is 48.3 Å². The summed E-state index contributed by atoms with van der Waals surface area (Å²) in [5.74, 6) is -0.417. The van der Waals surface area contributed by atoms with Crippen molar-refractivity contribution in [3.8, 4) is 0 Å². The highest BCUT2D eigenvalue weighted by atomic mass is 79.9. The molecule has 4 nitrogen and oxygen atoms in total. The molecule has 3 aromatic rings. The highest BCUT2D eigenvalue weighted by Gasteiger charge is 2.17. The second kappa shape index (κ2) is 6.75. The molecule has 0 saturated carbocycles. The van der Waals surface area contributed by atoms with E-state index in [9.17, 15) is 9.59 Å². The molecule has 0 spiro atoms. The van der Waals surface area contributed by atoms with Crippen molar-refractivity contribution >= 4 is 66.9 Å². The van der Waals surface area contributed by atoms with Gasteiger partial charge in [0.1, 0.15) is 6.54 Å². The van der Waals surface area contributed by atoms with Crippen molar-refractivity contribution in [2.75, 3.05) is 6.61 Å². The Morgan fingerprint density at radius 3 is 2.62 bits per heavy atom. The molecular formula is C17H12BrCl2NO3. The van der Waals surface area contributed by atoms with Crippen molar-refractivity contribution in [1.82, 2.24) is 4.57 Å². The molecule has 1 aromatic heterocycles. The van der Waals surface area contributed by atoms with Crippen LogP contribution in [0.1, 0.15) is 6.92 Å². The van der Waals surface area contributed by atoms with Gasteiger partial charge in [-0.3, -0.25) is 9.59 Å². The standard InChI is InChI=1S/C17H12BrCl2NO3/c1-2-24-14(22)8-21-13-7-9(18)3-4-10(13)17(23)11-5-6-12(19)15(20)16(11)21/h3-7H,2,8H2,1H3. The molecule has 2 aromatic carbocycles. The lowest BCUT2D eigenvalue weighted by molar-refractivity contribution is -0.143. The fourth-order valence-electron chi connectivity index (χ4n) is 2.67. The van der Waals surface area contributed by atoms with E-state index in [1.807, 2.05) is 0 Å². The van der Waals surface area contributed by atoms with E-state index in [-0.39, 0.29) is 23.6 Å². The number of nitrogens with zero attached hydrogens (tertiary/aromatic N) is 1. The van der Waals surface area contributed by atoms with Crippen LogP contribution in [0, 0.1) is 0 Å². The van der Waals surface area contributed by atoms with Crippen LogP contribution >= 0.6 is 39.1 Å². The van der Waals surface area contributed by atoms with Crippen LogP contribution in [0.4, 0.5) is 0 Å². The summed E-state index contributed by atoms with van der Waals surface area (Å²) in [5, 5.41) is 1.45. The van der Waals surface area contributed by atoms with E-state index in [0.717, 1.165) is 4.47 Å². The van der Waals surface area contributed by atoms with Gasteiger partial charge in [-0.2, -0.15) is 0 Å². The first kappa shape index (κ1) is 17.3. The molecule has 0 fully saturated rings. The van der Waals surface area contributed by atoms with Gasteiger partial charge in [-0.15, -0.1) is 0 Å². The minimum absolute atomic E-state index is 0.0718. The highest BCUT2D eigenvalue weighted by Crippen LogP contribution is 2.32. The third kappa shape index (κ3) is 2.92. The Hall–Kier alpha value is -1.56. The second-order valence-electron chi connectivity index (χ2n) is 5.14. The van der Waals surface area contributed by atoms with Crippen LogP contribution in [0.25, 0.3) is 21.8 Å². The SMILES string of the molecule is CCOC(=O)Cn1c2cc(Br)ccc2c(=O)c2ccc(Cl)c(Cl)c21. The molecule has 3 rings (SSSR count). The molecule has 0 unspecified atom stereocenters. The zero-order chi connectivity index (χ0) is 17.4. The van der Waals surface area contributed by atoms with Gasteiger partial charge in [0.2, 0.25) is 0 Å². The normalized spacial score (nSPS) is 11.2. The lowest BCUT2D eigenvalue weighted by Gasteiger charge is -2.16. The molecule has 0 bridgehead atoms. The van der Waals surface area contributed by atoms with E-state index >= 15 is 0 Å². The molecule has 0 aliphatic carbocycles. The highest BCUT2D eigenvalue weighted by molar-refractivity contribution is 9.10. The first-order valence-electron chi connectivity index (χ1n) is 7.19. The molecule has 0 atom stereocenters. The number of esters is 1. The van der Waals surface area contributed by atoms with Gasteiger partial charge in [0.25, 0.3) is 0 Å². The van der Waals surface area contributed by atoms with Crippen LogP contribution in [0.5, 0.6) is 0 Å². The summed E-state index contributed by atoms with van der Waals surface area (Å²) in [7, 11) is 0. The second-order valence-corrected chi connectivity index (χ2v) is 6.84. The summed E-state index contributed by atoms with van der Waals surface area (Å²) in [5.41, 5.74) is 0.845. The summed E-state index contributed by atoms with van der Waals surface area (Å²) in [4.78, 5) is 24.8. The van der Waals surface area contributed by atoms with Crippen molar-refractivity contribution < 1.29 is 9.53 Å². The van der Waals surface area contributed by atoms with Gasteiger partial charge in [-0.25, -0.2) is 0 Å². The predicted molar refractivity (Wildman–Crippen MR) is 100 cm³/mol. The Kier molecular flexibility index (Phi) is 4.85. The van der Waals surface area contributed by atoms with Crippen LogP contribution in [0.3, 0.4) is 0 Å². The number of pyridine rings is 1. The summed E-state index contributed by atoms with van der Waals surface area (Å²) < 4.78 is 7.50. The van der Waals surface area contributed by atoms with Crippen molar-refractivity contribution in [2.45, 2.75) is 13.5 Å². The largest absolute Gasteiger partial charge is 0.465 e. The molecule has 124 valence electrons. The number of aromatic nitrogens is 1. The number of ether oxygens (including phenoxy) is 1. The number of benzene rings is 2. The van der Waals surface area contributed by atoms with Gasteiger partial charge < -0.3 is 9.30 Å². The maximum Gasteiger partial charge on any atom is 0.325 e. The molecule has 0 aliphatic heterocycles. The number of hydrogen-bond acceptors (Lipinski definition) is 3. The number of hydrogen-bond donors (Lipinski definition) is 0. The van der Waals surface area contributed by atoms with E-state index in [1.165, 1.54) is 0 Å². The quantitative estimate of drug-likeness (QED) is 0.445. The zero-order valence-electron chi connectivity index (χ0n) is 12.6. The third-order valence-corrected chi connectivity index (χ3v) is 4.96. The third-order valence-electron chi connectivity index (χ3n) is 3.67. The fourth-order valence-corrected chi connectivity index (χ4v) is 3.44. The van der Waals surface area contributed by atoms with E-state index in [2.05, 4.69) is 15.9 Å². The molecule has 0 aliphatic rings. The van der Waals surface area contributed by atoms with E-state index in [1.54, 1.807) is 41.8 Å². The number of halogens is 3. The van der Waals surface area contributed by atoms with Crippen molar-refractivity contribution in [2.24, 2.45) is 0 Å². The van der Waals surface area contributed by atoms with Crippen LogP contribution in [-0.4, -0.2) is 17.1 Å². The minimum atomic E-state index is -0.417. The summed E-state index contributed by atoms with van der Waals surface area (Å²) in [6.45, 7) is 1.94. The zero-order valence-corrected chi connectivity index (χ0v) is 15.7. The van der Waals surface area contributed by atoms with Gasteiger partial charge in [-0.05, 0) is 37.3 Å². The minimum Gasteiger partial charge on any atom is -0.465 e. The van der Waals surface area contributed by atoms with Gasteiger partial charge >= 0.3 is 5.97 Å². The molecular weight excluding hydrogens is 417 g/mol. The number of rotatable bonds is 3. The Balaban J connectivity index is 2.47. The monoisotopic (exact) mass is 427 g/mol. The number of carbonyl (C=O) groups excluding carboxylic acids is 1. The lowest BCUT2D eigenvalue weighted by Crippen LogP contribution is -2.18. The average Bonchev–Trinajstić information content (AvgIpc) is 2.54. The Morgan fingerprint density at radius 2 is 1.92 bits per heavy atom. The number of fused-ring (bicyclic) bond motifs is 2. The molecule has 0 saturated heterocycles. The summed E-state index contributed by atoms with van der Waals surface area (Å²) >= 11 is 15.9. The van der Waals surface area contributed by atoms with Crippen molar-refractivity contribution in [1.29, 1.82) is 0 Å². The molecule has 1 heterocycles. The van der Waals surface area contributed by atoms with Crippen LogP contribution < -0.4 is 5.43 Å². The van der Waals surface area contributed by atoms with Crippen LogP contribution in [-0.2, 0) is 16.1 Å². The summed E-state index contributed by atoms with van der Waals surface area (Å²) in [6.07, 6.45) is 0. The van der Waals surface area contributed by atoms with E-state index in [0.29, 0.717) is 26.8 Å². The van der Waals surface area contributed by atoms with Crippen molar-refractivity contribution in [3.63, 3.8) is 0 Å². The lowest BCUT2D eigenvalue weighted by atomic mass is 10.1. The molecule has 24 heavy (non-hydrogen) atoms. The first-order valence-corrected chi connectivity index (χ1v) is 8.74. The van der Waals surface area contributed by atoms with E-state index in [4.69, 9.17) is 27.9 Å². The Morgan fingerprint density at radius 1 is 1.21 bits per heavy atom. The predicted octanol–water partition coefficient (Wildman–Crippen LogP) is 4.79. The molecule has 7 heteroatoms. The Labute approximate surface area is 156 Å². The van der Waals surface area contributed by atoms with Crippen LogP contribution in [0.15, 0.2) is 39.6 Å². The molecule has 0 amide bonds. The molecule has 0 N–H and O–H groups in total. The van der Waals surface area contributed by atoms with Gasteiger partial charge in [0.05, 0.1) is 27.7 Å². The summed E-state index contributed by atoms with van der Waals surface area (Å²) in [6, 6.07) is 8.46. The maximum absolute atomic E-state index is 12.8. The first-order chi connectivity index (χ1) is 11.4. The maximum atomic E-state index is 12.8. The molecule has 0 radical (unpaired) electrons. The fraction of sp³-hybridized carbons (Fsp3) is 0.176. The number of carbonyl (C=O) groups is 1. The van der Waals surface area contributed by atoms with Gasteiger partial charge in [-0.1, -0.05) is 39.1 Å². The van der Waals surface area contributed by atoms with Crippen LogP contribution in [0.2, 0.25) is 10.0 Å².